The summed E-state index contributed by atoms with van der Waals surface area (Å²) in [4.78, 5) is 20.5. The van der Waals surface area contributed by atoms with Crippen LogP contribution in [0.25, 0.3) is 6.08 Å². The third-order valence-electron chi connectivity index (χ3n) is 1.84. The van der Waals surface area contributed by atoms with Crippen molar-refractivity contribution >= 4 is 12.0 Å². The van der Waals surface area contributed by atoms with Crippen molar-refractivity contribution in [3.8, 4) is 0 Å². The maximum Gasteiger partial charge on any atom is 0.303 e. The average Bonchev–Trinajstić information content (AvgIpc) is 2.23. The Kier molecular flexibility index (Phi) is 4.33. The molecule has 0 amide bonds. The van der Waals surface area contributed by atoms with Crippen molar-refractivity contribution in [1.82, 2.24) is 0 Å². The number of nitrogens with zero attached hydrogens (tertiary/aromatic N) is 1. The van der Waals surface area contributed by atoms with Gasteiger partial charge >= 0.3 is 5.97 Å². The van der Waals surface area contributed by atoms with Gasteiger partial charge in [0, 0.05) is 13.0 Å². The van der Waals surface area contributed by atoms with Crippen LogP contribution in [-0.2, 0) is 9.53 Å². The van der Waals surface area contributed by atoms with E-state index in [9.17, 15) is 19.3 Å². The minimum atomic E-state index is -0.673. The minimum absolute atomic E-state index is 0.314. The molecule has 0 aliphatic rings. The Labute approximate surface area is 96.7 Å². The molecule has 0 heterocycles. The Balaban J connectivity index is 2.90. The normalized spacial score (nSPS) is 11.1. The van der Waals surface area contributed by atoms with E-state index in [1.165, 1.54) is 18.2 Å². The van der Waals surface area contributed by atoms with Gasteiger partial charge in [-0.25, -0.2) is 4.39 Å². The number of carbonyl (C=O) groups excluding carboxylic acids is 1. The molecular formula is C11H10FNO4. The van der Waals surface area contributed by atoms with E-state index in [4.69, 9.17) is 0 Å². The highest BCUT2D eigenvalue weighted by atomic mass is 19.1. The maximum absolute atomic E-state index is 12.8. The lowest BCUT2D eigenvalue weighted by atomic mass is 10.2. The van der Waals surface area contributed by atoms with Gasteiger partial charge in [-0.05, 0) is 17.7 Å². The van der Waals surface area contributed by atoms with Crippen LogP contribution in [0.15, 0.2) is 30.0 Å². The van der Waals surface area contributed by atoms with E-state index in [2.05, 4.69) is 4.74 Å². The van der Waals surface area contributed by atoms with Gasteiger partial charge in [0.1, 0.15) is 5.82 Å². The molecule has 1 aromatic rings. The molecular weight excluding hydrogens is 229 g/mol. The smallest absolute Gasteiger partial charge is 0.303 e. The lowest BCUT2D eigenvalue weighted by Crippen LogP contribution is -2.09. The molecule has 1 aromatic carbocycles. The van der Waals surface area contributed by atoms with Crippen LogP contribution in [0, 0.1) is 15.9 Å². The highest BCUT2D eigenvalue weighted by Gasteiger charge is 2.12. The summed E-state index contributed by atoms with van der Waals surface area (Å²) in [6, 6.07) is 5.33. The summed E-state index contributed by atoms with van der Waals surface area (Å²) in [6.07, 6.45) is 1.16. The van der Waals surface area contributed by atoms with Crippen LogP contribution < -0.4 is 0 Å². The number of carbonyl (C=O) groups is 1. The molecule has 6 heteroatoms. The zero-order chi connectivity index (χ0) is 12.8. The molecule has 0 saturated carbocycles. The van der Waals surface area contributed by atoms with Gasteiger partial charge in [0.15, 0.2) is 6.61 Å². The van der Waals surface area contributed by atoms with Crippen molar-refractivity contribution in [2.75, 3.05) is 6.61 Å². The summed E-state index contributed by atoms with van der Waals surface area (Å²) in [5, 5.41) is 10.7. The van der Waals surface area contributed by atoms with Gasteiger partial charge in [-0.1, -0.05) is 12.1 Å². The second-order valence-corrected chi connectivity index (χ2v) is 3.23. The third kappa shape index (κ3) is 4.42. The molecule has 0 radical (unpaired) electrons. The number of nitro groups is 1. The molecule has 0 unspecified atom stereocenters. The van der Waals surface area contributed by atoms with E-state index in [1.807, 2.05) is 0 Å². The zero-order valence-corrected chi connectivity index (χ0v) is 9.05. The molecule has 17 heavy (non-hydrogen) atoms. The SMILES string of the molecule is CC(=O)OC/C(=C\c1cccc(F)c1)[N+](=O)[O-]. The zero-order valence-electron chi connectivity index (χ0n) is 9.05. The summed E-state index contributed by atoms with van der Waals surface area (Å²) in [6.45, 7) is 0.707. The number of rotatable bonds is 4. The summed E-state index contributed by atoms with van der Waals surface area (Å²) in [5.41, 5.74) is 0.0228. The number of hydrogen-bond acceptors (Lipinski definition) is 4. The molecule has 5 nitrogen and oxygen atoms in total. The van der Waals surface area contributed by atoms with Crippen LogP contribution in [0.5, 0.6) is 0 Å². The van der Waals surface area contributed by atoms with Crippen molar-refractivity contribution in [1.29, 1.82) is 0 Å². The first kappa shape index (κ1) is 12.8. The molecule has 0 saturated heterocycles. The monoisotopic (exact) mass is 239 g/mol. The number of esters is 1. The molecule has 0 aliphatic carbocycles. The van der Waals surface area contributed by atoms with Gasteiger partial charge < -0.3 is 4.74 Å². The van der Waals surface area contributed by atoms with Gasteiger partial charge in [0.05, 0.1) is 4.92 Å². The van der Waals surface area contributed by atoms with Gasteiger partial charge in [-0.3, -0.25) is 14.9 Å². The molecule has 0 atom stereocenters. The Hall–Kier alpha value is -2.24. The Bertz CT molecular complexity index is 470. The molecule has 0 N–H and O–H groups in total. The number of ether oxygens (including phenoxy) is 1. The Morgan fingerprint density at radius 1 is 1.59 bits per heavy atom. The van der Waals surface area contributed by atoms with Crippen LogP contribution in [0.4, 0.5) is 4.39 Å². The summed E-state index contributed by atoms with van der Waals surface area (Å²) in [5.74, 6) is -1.11. The molecule has 0 bridgehead atoms. The molecule has 0 fully saturated rings. The Morgan fingerprint density at radius 2 is 2.29 bits per heavy atom. The second-order valence-electron chi connectivity index (χ2n) is 3.23. The van der Waals surface area contributed by atoms with Crippen LogP contribution >= 0.6 is 0 Å². The first-order valence-corrected chi connectivity index (χ1v) is 4.73. The minimum Gasteiger partial charge on any atom is -0.454 e. The largest absolute Gasteiger partial charge is 0.454 e. The van der Waals surface area contributed by atoms with Gasteiger partial charge in [0.2, 0.25) is 0 Å². The van der Waals surface area contributed by atoms with E-state index < -0.39 is 23.3 Å². The van der Waals surface area contributed by atoms with Crippen molar-refractivity contribution in [2.45, 2.75) is 6.92 Å². The first-order chi connectivity index (χ1) is 7.99. The second kappa shape index (κ2) is 5.74. The maximum atomic E-state index is 12.8. The van der Waals surface area contributed by atoms with E-state index in [-0.39, 0.29) is 5.70 Å². The van der Waals surface area contributed by atoms with Gasteiger partial charge in [-0.2, -0.15) is 0 Å². The fourth-order valence-corrected chi connectivity index (χ4v) is 1.11. The topological polar surface area (TPSA) is 69.4 Å². The molecule has 0 aromatic heterocycles. The number of hydrogen-bond donors (Lipinski definition) is 0. The van der Waals surface area contributed by atoms with E-state index in [0.29, 0.717) is 5.56 Å². The quantitative estimate of drug-likeness (QED) is 0.457. The predicted molar refractivity (Wildman–Crippen MR) is 58.0 cm³/mol. The van der Waals surface area contributed by atoms with Crippen molar-refractivity contribution < 1.29 is 18.8 Å². The van der Waals surface area contributed by atoms with Crippen LogP contribution in [0.1, 0.15) is 12.5 Å². The van der Waals surface area contributed by atoms with Gasteiger partial charge in [-0.15, -0.1) is 0 Å². The summed E-state index contributed by atoms with van der Waals surface area (Å²) < 4.78 is 17.4. The number of halogens is 1. The lowest BCUT2D eigenvalue weighted by molar-refractivity contribution is -0.428. The molecule has 90 valence electrons. The van der Waals surface area contributed by atoms with Crippen LogP contribution in [0.3, 0.4) is 0 Å². The number of benzene rings is 1. The fourth-order valence-electron chi connectivity index (χ4n) is 1.11. The third-order valence-corrected chi connectivity index (χ3v) is 1.84. The van der Waals surface area contributed by atoms with Crippen LogP contribution in [-0.4, -0.2) is 17.5 Å². The highest BCUT2D eigenvalue weighted by molar-refractivity contribution is 5.66. The average molecular weight is 239 g/mol. The molecule has 1 rings (SSSR count). The molecule has 0 spiro atoms. The molecule has 0 aliphatic heterocycles. The highest BCUT2D eigenvalue weighted by Crippen LogP contribution is 2.10. The van der Waals surface area contributed by atoms with E-state index in [1.54, 1.807) is 0 Å². The van der Waals surface area contributed by atoms with Crippen molar-refractivity contribution in [2.24, 2.45) is 0 Å². The lowest BCUT2D eigenvalue weighted by Gasteiger charge is -2.00. The summed E-state index contributed by atoms with van der Waals surface area (Å²) in [7, 11) is 0. The van der Waals surface area contributed by atoms with Gasteiger partial charge in [0.25, 0.3) is 5.70 Å². The fraction of sp³-hybridized carbons (Fsp3) is 0.182. The van der Waals surface area contributed by atoms with Crippen molar-refractivity contribution in [3.63, 3.8) is 0 Å². The van der Waals surface area contributed by atoms with E-state index in [0.717, 1.165) is 19.1 Å². The standard InChI is InChI=1S/C11H10FNO4/c1-8(14)17-7-11(13(15)16)6-9-3-2-4-10(12)5-9/h2-6H,7H2,1H3/b11-6+. The predicted octanol–water partition coefficient (Wildman–Crippen LogP) is 2.01. The van der Waals surface area contributed by atoms with E-state index >= 15 is 0 Å². The van der Waals surface area contributed by atoms with Crippen molar-refractivity contribution in [3.05, 3.63) is 51.5 Å². The van der Waals surface area contributed by atoms with Crippen LogP contribution in [0.2, 0.25) is 0 Å². The Morgan fingerprint density at radius 3 is 2.82 bits per heavy atom. The first-order valence-electron chi connectivity index (χ1n) is 4.73. The summed E-state index contributed by atoms with van der Waals surface area (Å²) >= 11 is 0.